The van der Waals surface area contributed by atoms with E-state index in [0.717, 1.165) is 11.1 Å². The van der Waals surface area contributed by atoms with Gasteiger partial charge in [0, 0.05) is 5.56 Å². The van der Waals surface area contributed by atoms with Gasteiger partial charge in [0.05, 0.1) is 11.4 Å². The molecule has 0 saturated heterocycles. The summed E-state index contributed by atoms with van der Waals surface area (Å²) >= 11 is 0. The summed E-state index contributed by atoms with van der Waals surface area (Å²) in [4.78, 5) is 0. The molecule has 2 heteroatoms. The Hall–Kier alpha value is -1.96. The summed E-state index contributed by atoms with van der Waals surface area (Å²) < 4.78 is 0. The van der Waals surface area contributed by atoms with Crippen molar-refractivity contribution in [3.8, 4) is 11.1 Å². The first-order valence-corrected chi connectivity index (χ1v) is 4.89. The van der Waals surface area contributed by atoms with Gasteiger partial charge in [-0.1, -0.05) is 42.0 Å². The molecule has 4 N–H and O–H groups in total. The molecule has 2 aromatic carbocycles. The van der Waals surface area contributed by atoms with Crippen LogP contribution in [0.1, 0.15) is 5.56 Å². The average Bonchev–Trinajstić information content (AvgIpc) is 2.22. The monoisotopic (exact) mass is 198 g/mol. The lowest BCUT2D eigenvalue weighted by atomic mass is 10.0. The van der Waals surface area contributed by atoms with Crippen LogP contribution < -0.4 is 11.5 Å². The highest BCUT2D eigenvalue weighted by Gasteiger charge is 2.04. The van der Waals surface area contributed by atoms with Crippen molar-refractivity contribution in [2.45, 2.75) is 6.92 Å². The Morgan fingerprint density at radius 1 is 0.933 bits per heavy atom. The fourth-order valence-corrected chi connectivity index (χ4v) is 1.65. The maximum absolute atomic E-state index is 5.94. The van der Waals surface area contributed by atoms with E-state index in [0.29, 0.717) is 11.4 Å². The number of rotatable bonds is 1. The average molecular weight is 198 g/mol. The molecule has 0 bridgehead atoms. The van der Waals surface area contributed by atoms with Crippen LogP contribution in [0, 0.1) is 6.92 Å². The van der Waals surface area contributed by atoms with E-state index in [1.54, 1.807) is 0 Å². The van der Waals surface area contributed by atoms with Crippen LogP contribution in [0.5, 0.6) is 0 Å². The Morgan fingerprint density at radius 3 is 2.40 bits per heavy atom. The molecular weight excluding hydrogens is 184 g/mol. The van der Waals surface area contributed by atoms with E-state index < -0.39 is 0 Å². The highest BCUT2D eigenvalue weighted by atomic mass is 14.7. The summed E-state index contributed by atoms with van der Waals surface area (Å²) in [5.41, 5.74) is 16.3. The minimum Gasteiger partial charge on any atom is -0.397 e. The minimum atomic E-state index is 0.633. The molecular formula is C13H14N2. The van der Waals surface area contributed by atoms with Gasteiger partial charge >= 0.3 is 0 Å². The minimum absolute atomic E-state index is 0.633. The third-order valence-corrected chi connectivity index (χ3v) is 2.47. The van der Waals surface area contributed by atoms with E-state index in [9.17, 15) is 0 Å². The van der Waals surface area contributed by atoms with Gasteiger partial charge in [0.1, 0.15) is 0 Å². The smallest absolute Gasteiger partial charge is 0.0627 e. The lowest BCUT2D eigenvalue weighted by Gasteiger charge is -2.08. The van der Waals surface area contributed by atoms with Gasteiger partial charge in [-0.15, -0.1) is 0 Å². The Balaban J connectivity index is 2.59. The highest BCUT2D eigenvalue weighted by molar-refractivity contribution is 5.84. The predicted octanol–water partition coefficient (Wildman–Crippen LogP) is 2.83. The van der Waals surface area contributed by atoms with Gasteiger partial charge in [-0.2, -0.15) is 0 Å². The lowest BCUT2D eigenvalue weighted by Crippen LogP contribution is -1.96. The molecule has 0 spiro atoms. The van der Waals surface area contributed by atoms with Gasteiger partial charge in [-0.3, -0.25) is 0 Å². The first kappa shape index (κ1) is 9.59. The molecule has 0 aliphatic rings. The second-order valence-electron chi connectivity index (χ2n) is 3.68. The fourth-order valence-electron chi connectivity index (χ4n) is 1.65. The number of hydrogen-bond donors (Lipinski definition) is 2. The maximum Gasteiger partial charge on any atom is 0.0627 e. The summed E-state index contributed by atoms with van der Waals surface area (Å²) in [6, 6.07) is 13.9. The first-order valence-electron chi connectivity index (χ1n) is 4.89. The van der Waals surface area contributed by atoms with Gasteiger partial charge in [0.25, 0.3) is 0 Å². The second-order valence-corrected chi connectivity index (χ2v) is 3.68. The lowest BCUT2D eigenvalue weighted by molar-refractivity contribution is 1.47. The number of aryl methyl sites for hydroxylation is 1. The molecule has 0 amide bonds. The van der Waals surface area contributed by atoms with Crippen molar-refractivity contribution in [2.75, 3.05) is 11.5 Å². The van der Waals surface area contributed by atoms with Gasteiger partial charge in [-0.05, 0) is 18.6 Å². The Morgan fingerprint density at radius 2 is 1.67 bits per heavy atom. The van der Waals surface area contributed by atoms with E-state index in [-0.39, 0.29) is 0 Å². The van der Waals surface area contributed by atoms with E-state index in [1.807, 2.05) is 30.3 Å². The molecule has 0 atom stereocenters. The Bertz CT molecular complexity index is 490. The van der Waals surface area contributed by atoms with Crippen LogP contribution in [0.25, 0.3) is 11.1 Å². The standard InChI is InChI=1S/C13H14N2/c1-9-4-2-5-10(8-9)11-6-3-7-12(14)13(11)15/h2-8H,14-15H2,1H3. The third kappa shape index (κ3) is 1.79. The summed E-state index contributed by atoms with van der Waals surface area (Å²) in [6.07, 6.45) is 0. The van der Waals surface area contributed by atoms with E-state index in [1.165, 1.54) is 5.56 Å². The summed E-state index contributed by atoms with van der Waals surface area (Å²) in [5, 5.41) is 0. The summed E-state index contributed by atoms with van der Waals surface area (Å²) in [6.45, 7) is 2.06. The van der Waals surface area contributed by atoms with Crippen molar-refractivity contribution >= 4 is 11.4 Å². The topological polar surface area (TPSA) is 52.0 Å². The van der Waals surface area contributed by atoms with Crippen molar-refractivity contribution in [1.29, 1.82) is 0 Å². The van der Waals surface area contributed by atoms with E-state index in [4.69, 9.17) is 11.5 Å². The zero-order valence-electron chi connectivity index (χ0n) is 8.70. The third-order valence-electron chi connectivity index (χ3n) is 2.47. The van der Waals surface area contributed by atoms with E-state index in [2.05, 4.69) is 19.1 Å². The second kappa shape index (κ2) is 3.65. The molecule has 0 saturated carbocycles. The normalized spacial score (nSPS) is 10.2. The number of hydrogen-bond acceptors (Lipinski definition) is 2. The van der Waals surface area contributed by atoms with Crippen LogP contribution >= 0.6 is 0 Å². The van der Waals surface area contributed by atoms with E-state index >= 15 is 0 Å². The van der Waals surface area contributed by atoms with Crippen LogP contribution in [0.3, 0.4) is 0 Å². The Labute approximate surface area is 89.5 Å². The molecule has 0 aromatic heterocycles. The highest BCUT2D eigenvalue weighted by Crippen LogP contribution is 2.30. The van der Waals surface area contributed by atoms with Crippen molar-refractivity contribution in [3.63, 3.8) is 0 Å². The zero-order valence-corrected chi connectivity index (χ0v) is 8.70. The van der Waals surface area contributed by atoms with Gasteiger partial charge in [0.15, 0.2) is 0 Å². The van der Waals surface area contributed by atoms with Crippen molar-refractivity contribution in [3.05, 3.63) is 48.0 Å². The SMILES string of the molecule is Cc1cccc(-c2cccc(N)c2N)c1. The maximum atomic E-state index is 5.94. The molecule has 0 unspecified atom stereocenters. The molecule has 0 fully saturated rings. The molecule has 2 nitrogen and oxygen atoms in total. The van der Waals surface area contributed by atoms with Crippen molar-refractivity contribution < 1.29 is 0 Å². The number of benzene rings is 2. The fraction of sp³-hybridized carbons (Fsp3) is 0.0769. The van der Waals surface area contributed by atoms with Crippen LogP contribution in [0.2, 0.25) is 0 Å². The molecule has 2 aromatic rings. The van der Waals surface area contributed by atoms with Gasteiger partial charge in [-0.25, -0.2) is 0 Å². The predicted molar refractivity (Wildman–Crippen MR) is 65.4 cm³/mol. The molecule has 0 aliphatic carbocycles. The van der Waals surface area contributed by atoms with Crippen LogP contribution in [-0.4, -0.2) is 0 Å². The molecule has 15 heavy (non-hydrogen) atoms. The van der Waals surface area contributed by atoms with Gasteiger partial charge < -0.3 is 11.5 Å². The molecule has 76 valence electrons. The molecule has 0 heterocycles. The van der Waals surface area contributed by atoms with Gasteiger partial charge in [0.2, 0.25) is 0 Å². The van der Waals surface area contributed by atoms with Crippen molar-refractivity contribution in [1.82, 2.24) is 0 Å². The summed E-state index contributed by atoms with van der Waals surface area (Å²) in [5.74, 6) is 0. The quantitative estimate of drug-likeness (QED) is 0.692. The number of nitrogens with two attached hydrogens (primary N) is 2. The number of anilines is 2. The Kier molecular flexibility index (Phi) is 2.34. The largest absolute Gasteiger partial charge is 0.397 e. The van der Waals surface area contributed by atoms with Crippen molar-refractivity contribution in [2.24, 2.45) is 0 Å². The van der Waals surface area contributed by atoms with Crippen LogP contribution in [0.15, 0.2) is 42.5 Å². The molecule has 0 radical (unpaired) electrons. The first-order chi connectivity index (χ1) is 7.18. The summed E-state index contributed by atoms with van der Waals surface area (Å²) in [7, 11) is 0. The van der Waals surface area contributed by atoms with Crippen LogP contribution in [-0.2, 0) is 0 Å². The molecule has 0 aliphatic heterocycles. The zero-order chi connectivity index (χ0) is 10.8. The number of para-hydroxylation sites is 1. The number of nitrogen functional groups attached to an aromatic ring is 2. The molecule has 2 rings (SSSR count). The van der Waals surface area contributed by atoms with Crippen LogP contribution in [0.4, 0.5) is 11.4 Å².